The fraction of sp³-hybridized carbons (Fsp3) is 0.429. The van der Waals surface area contributed by atoms with Crippen LogP contribution in [0, 0.1) is 0 Å². The Morgan fingerprint density at radius 3 is 2.70 bits per heavy atom. The Morgan fingerprint density at radius 2 is 1.96 bits per heavy atom. The molecule has 1 aromatic heterocycles. The van der Waals surface area contributed by atoms with Crippen molar-refractivity contribution in [1.82, 2.24) is 15.6 Å². The van der Waals surface area contributed by atoms with Crippen LogP contribution in [0.15, 0.2) is 59.9 Å². The second-order valence-corrected chi connectivity index (χ2v) is 6.00. The van der Waals surface area contributed by atoms with E-state index in [1.165, 1.54) is 5.56 Å². The summed E-state index contributed by atoms with van der Waals surface area (Å²) in [5.41, 5.74) is 1.20. The van der Waals surface area contributed by atoms with Crippen LogP contribution in [0.25, 0.3) is 0 Å². The van der Waals surface area contributed by atoms with E-state index in [4.69, 9.17) is 9.47 Å². The molecule has 0 radical (unpaired) electrons. The molecule has 0 bridgehead atoms. The number of hydrogen-bond donors (Lipinski definition) is 2. The average molecular weight is 370 g/mol. The number of ether oxygens (including phenoxy) is 2. The number of benzene rings is 1. The van der Waals surface area contributed by atoms with E-state index in [-0.39, 0.29) is 6.10 Å². The maximum absolute atomic E-state index is 5.88. The van der Waals surface area contributed by atoms with Gasteiger partial charge in [-0.05, 0) is 38.0 Å². The van der Waals surface area contributed by atoms with Crippen molar-refractivity contribution in [2.45, 2.75) is 26.4 Å². The average Bonchev–Trinajstić information content (AvgIpc) is 2.72. The molecular formula is C21H30N4O2. The van der Waals surface area contributed by atoms with Crippen molar-refractivity contribution in [2.24, 2.45) is 4.99 Å². The topological polar surface area (TPSA) is 67.8 Å². The van der Waals surface area contributed by atoms with Crippen LogP contribution in [-0.2, 0) is 4.74 Å². The van der Waals surface area contributed by atoms with Crippen molar-refractivity contribution in [3.8, 4) is 5.75 Å². The van der Waals surface area contributed by atoms with Crippen molar-refractivity contribution in [3.63, 3.8) is 0 Å². The Labute approximate surface area is 162 Å². The first kappa shape index (κ1) is 20.7. The smallest absolute Gasteiger partial charge is 0.191 e. The zero-order chi connectivity index (χ0) is 19.2. The van der Waals surface area contributed by atoms with Gasteiger partial charge in [0.25, 0.3) is 0 Å². The number of nitrogens with one attached hydrogen (secondary N) is 2. The summed E-state index contributed by atoms with van der Waals surface area (Å²) in [6.45, 7) is 7.55. The lowest BCUT2D eigenvalue weighted by atomic mass is 10.1. The molecule has 0 aliphatic rings. The number of nitrogens with zero attached hydrogens (tertiary/aromatic N) is 2. The molecule has 0 saturated carbocycles. The highest BCUT2D eigenvalue weighted by atomic mass is 16.5. The summed E-state index contributed by atoms with van der Waals surface area (Å²) in [7, 11) is 0. The van der Waals surface area contributed by atoms with E-state index in [0.29, 0.717) is 26.3 Å². The predicted octanol–water partition coefficient (Wildman–Crippen LogP) is 3.18. The highest BCUT2D eigenvalue weighted by molar-refractivity contribution is 5.79. The van der Waals surface area contributed by atoms with Crippen LogP contribution in [0.1, 0.15) is 31.9 Å². The standard InChI is InChI=1S/C21H30N4O2/c1-3-23-21(25-14-16-27-20-11-7-12-22-17-20)24-13-8-15-26-18(2)19-9-5-4-6-10-19/h4-7,9-12,17-18H,3,8,13-16H2,1-2H3,(H2,23,24,25). The van der Waals surface area contributed by atoms with E-state index in [1.807, 2.05) is 37.3 Å². The third kappa shape index (κ3) is 8.55. The van der Waals surface area contributed by atoms with Gasteiger partial charge in [-0.15, -0.1) is 0 Å². The second-order valence-electron chi connectivity index (χ2n) is 6.00. The molecular weight excluding hydrogens is 340 g/mol. The predicted molar refractivity (Wildman–Crippen MR) is 109 cm³/mol. The third-order valence-corrected chi connectivity index (χ3v) is 3.85. The molecule has 146 valence electrons. The normalized spacial score (nSPS) is 12.4. The van der Waals surface area contributed by atoms with Gasteiger partial charge in [-0.1, -0.05) is 30.3 Å². The molecule has 27 heavy (non-hydrogen) atoms. The van der Waals surface area contributed by atoms with Gasteiger partial charge in [0.15, 0.2) is 5.96 Å². The number of aromatic nitrogens is 1. The van der Waals surface area contributed by atoms with Crippen molar-refractivity contribution in [1.29, 1.82) is 0 Å². The summed E-state index contributed by atoms with van der Waals surface area (Å²) in [6.07, 6.45) is 4.41. The van der Waals surface area contributed by atoms with Crippen molar-refractivity contribution < 1.29 is 9.47 Å². The molecule has 2 rings (SSSR count). The first-order chi connectivity index (χ1) is 13.3. The molecule has 1 atom stereocenters. The summed E-state index contributed by atoms with van der Waals surface area (Å²) in [5, 5.41) is 6.51. The quantitative estimate of drug-likeness (QED) is 0.361. The molecule has 0 fully saturated rings. The molecule has 2 aromatic rings. The Kier molecular flexibility index (Phi) is 9.74. The maximum atomic E-state index is 5.88. The Bertz CT molecular complexity index is 650. The fourth-order valence-corrected chi connectivity index (χ4v) is 2.45. The Morgan fingerprint density at radius 1 is 1.11 bits per heavy atom. The van der Waals surface area contributed by atoms with Gasteiger partial charge in [-0.2, -0.15) is 0 Å². The van der Waals surface area contributed by atoms with E-state index in [9.17, 15) is 0 Å². The minimum absolute atomic E-state index is 0.103. The van der Waals surface area contributed by atoms with Crippen molar-refractivity contribution in [3.05, 3.63) is 60.4 Å². The molecule has 1 heterocycles. The molecule has 0 aliphatic carbocycles. The minimum Gasteiger partial charge on any atom is -0.490 e. The van der Waals surface area contributed by atoms with Gasteiger partial charge < -0.3 is 20.1 Å². The van der Waals surface area contributed by atoms with Gasteiger partial charge in [0.05, 0.1) is 18.8 Å². The number of hydrogen-bond acceptors (Lipinski definition) is 4. The van der Waals surface area contributed by atoms with Gasteiger partial charge in [-0.3, -0.25) is 9.98 Å². The zero-order valence-corrected chi connectivity index (χ0v) is 16.2. The van der Waals surface area contributed by atoms with Crippen LogP contribution in [0.3, 0.4) is 0 Å². The van der Waals surface area contributed by atoms with Crippen LogP contribution < -0.4 is 15.4 Å². The Balaban J connectivity index is 1.62. The number of rotatable bonds is 11. The van der Waals surface area contributed by atoms with E-state index in [2.05, 4.69) is 39.7 Å². The largest absolute Gasteiger partial charge is 0.490 e. The molecule has 0 aliphatic heterocycles. The van der Waals surface area contributed by atoms with Gasteiger partial charge in [0, 0.05) is 25.9 Å². The summed E-state index contributed by atoms with van der Waals surface area (Å²) < 4.78 is 11.5. The van der Waals surface area contributed by atoms with E-state index in [0.717, 1.165) is 24.7 Å². The summed E-state index contributed by atoms with van der Waals surface area (Å²) in [4.78, 5) is 8.60. The monoisotopic (exact) mass is 370 g/mol. The third-order valence-electron chi connectivity index (χ3n) is 3.85. The lowest BCUT2D eigenvalue weighted by Crippen LogP contribution is -2.39. The van der Waals surface area contributed by atoms with Crippen LogP contribution in [-0.4, -0.2) is 43.8 Å². The highest BCUT2D eigenvalue weighted by Gasteiger charge is 2.04. The first-order valence-corrected chi connectivity index (χ1v) is 9.51. The van der Waals surface area contributed by atoms with Gasteiger partial charge in [0.2, 0.25) is 0 Å². The summed E-state index contributed by atoms with van der Waals surface area (Å²) in [5.74, 6) is 1.56. The Hall–Kier alpha value is -2.60. The van der Waals surface area contributed by atoms with Crippen LogP contribution >= 0.6 is 0 Å². The second kappa shape index (κ2) is 12.7. The molecule has 1 unspecified atom stereocenters. The minimum atomic E-state index is 0.103. The van der Waals surface area contributed by atoms with E-state index in [1.54, 1.807) is 12.4 Å². The van der Waals surface area contributed by atoms with E-state index < -0.39 is 0 Å². The molecule has 6 nitrogen and oxygen atoms in total. The summed E-state index contributed by atoms with van der Waals surface area (Å²) >= 11 is 0. The molecule has 2 N–H and O–H groups in total. The maximum Gasteiger partial charge on any atom is 0.191 e. The number of guanidine groups is 1. The number of aliphatic imine (C=N–C) groups is 1. The number of pyridine rings is 1. The highest BCUT2D eigenvalue weighted by Crippen LogP contribution is 2.15. The lowest BCUT2D eigenvalue weighted by Gasteiger charge is -2.14. The fourth-order valence-electron chi connectivity index (χ4n) is 2.45. The zero-order valence-electron chi connectivity index (χ0n) is 16.2. The molecule has 1 aromatic carbocycles. The van der Waals surface area contributed by atoms with Crippen LogP contribution in [0.5, 0.6) is 5.75 Å². The first-order valence-electron chi connectivity index (χ1n) is 9.51. The van der Waals surface area contributed by atoms with Gasteiger partial charge >= 0.3 is 0 Å². The summed E-state index contributed by atoms with van der Waals surface area (Å²) in [6, 6.07) is 14.0. The van der Waals surface area contributed by atoms with Gasteiger partial charge in [-0.25, -0.2) is 0 Å². The molecule has 0 saturated heterocycles. The molecule has 0 amide bonds. The SMILES string of the molecule is CCNC(=NCCCOC(C)c1ccccc1)NCCOc1cccnc1. The van der Waals surface area contributed by atoms with Crippen LogP contribution in [0.4, 0.5) is 0 Å². The lowest BCUT2D eigenvalue weighted by molar-refractivity contribution is 0.0652. The van der Waals surface area contributed by atoms with Crippen molar-refractivity contribution in [2.75, 3.05) is 32.8 Å². The molecule has 0 spiro atoms. The van der Waals surface area contributed by atoms with Crippen LogP contribution in [0.2, 0.25) is 0 Å². The van der Waals surface area contributed by atoms with Crippen molar-refractivity contribution >= 4 is 5.96 Å². The molecule has 6 heteroatoms. The van der Waals surface area contributed by atoms with E-state index >= 15 is 0 Å². The van der Waals surface area contributed by atoms with Gasteiger partial charge in [0.1, 0.15) is 12.4 Å².